The number of nitrogens with zero attached hydrogens (tertiary/aromatic N) is 3. The molecule has 2 rings (SSSR count). The van der Waals surface area contributed by atoms with E-state index < -0.39 is 17.8 Å². The van der Waals surface area contributed by atoms with E-state index in [9.17, 15) is 18.0 Å². The zero-order chi connectivity index (χ0) is 16.3. The van der Waals surface area contributed by atoms with Gasteiger partial charge >= 0.3 is 12.3 Å². The molecule has 0 spiro atoms. The second-order valence-corrected chi connectivity index (χ2v) is 4.79. The molecule has 118 valence electrons. The second kappa shape index (κ2) is 6.13. The molecule has 22 heavy (non-hydrogen) atoms. The number of alkyl halides is 3. The number of benzene rings is 1. The lowest BCUT2D eigenvalue weighted by Gasteiger charge is -2.35. The van der Waals surface area contributed by atoms with Crippen molar-refractivity contribution in [2.75, 3.05) is 38.2 Å². The fourth-order valence-corrected chi connectivity index (χ4v) is 2.34. The van der Waals surface area contributed by atoms with E-state index >= 15 is 0 Å². The van der Waals surface area contributed by atoms with E-state index in [1.165, 1.54) is 18.1 Å². The van der Waals surface area contributed by atoms with Crippen molar-refractivity contribution >= 4 is 11.8 Å². The van der Waals surface area contributed by atoms with Gasteiger partial charge in [0.2, 0.25) is 0 Å². The van der Waals surface area contributed by atoms with E-state index in [2.05, 4.69) is 4.74 Å². The van der Waals surface area contributed by atoms with Gasteiger partial charge in [-0.05, 0) is 18.2 Å². The molecule has 1 saturated heterocycles. The molecular formula is C14H14F3N3O2. The third-order valence-electron chi connectivity index (χ3n) is 3.50. The van der Waals surface area contributed by atoms with Crippen LogP contribution in [0, 0.1) is 11.3 Å². The lowest BCUT2D eigenvalue weighted by Crippen LogP contribution is -2.49. The quantitative estimate of drug-likeness (QED) is 0.799. The highest BCUT2D eigenvalue weighted by Gasteiger charge is 2.32. The van der Waals surface area contributed by atoms with Gasteiger partial charge in [0.1, 0.15) is 6.07 Å². The largest absolute Gasteiger partial charge is 0.453 e. The maximum Gasteiger partial charge on any atom is 0.416 e. The van der Waals surface area contributed by atoms with Crippen LogP contribution in [0.1, 0.15) is 11.1 Å². The number of methoxy groups -OCH3 is 1. The van der Waals surface area contributed by atoms with Gasteiger partial charge in [0.15, 0.2) is 0 Å². The Kier molecular flexibility index (Phi) is 4.45. The molecule has 0 saturated carbocycles. The summed E-state index contributed by atoms with van der Waals surface area (Å²) in [6, 6.07) is 4.91. The van der Waals surface area contributed by atoms with Crippen LogP contribution in [0.25, 0.3) is 0 Å². The summed E-state index contributed by atoms with van der Waals surface area (Å²) in [7, 11) is 1.29. The highest BCUT2D eigenvalue weighted by molar-refractivity contribution is 5.68. The van der Waals surface area contributed by atoms with E-state index in [0.29, 0.717) is 31.9 Å². The summed E-state index contributed by atoms with van der Waals surface area (Å²) in [6.07, 6.45) is -4.92. The van der Waals surface area contributed by atoms with E-state index in [0.717, 1.165) is 12.1 Å². The van der Waals surface area contributed by atoms with Crippen LogP contribution >= 0.6 is 0 Å². The number of carbonyl (C=O) groups is 1. The standard InChI is InChI=1S/C14H14F3N3O2/c1-22-13(21)20-6-4-19(5-7-20)12-3-2-11(14(15,16)17)8-10(12)9-18/h2-3,8H,4-7H2,1H3. The normalized spacial score (nSPS) is 15.4. The number of hydrogen-bond donors (Lipinski definition) is 0. The van der Waals surface area contributed by atoms with Crippen molar-refractivity contribution < 1.29 is 22.7 Å². The minimum atomic E-state index is -4.48. The predicted molar refractivity (Wildman–Crippen MR) is 72.4 cm³/mol. The molecule has 5 nitrogen and oxygen atoms in total. The Bertz CT molecular complexity index is 602. The summed E-state index contributed by atoms with van der Waals surface area (Å²) < 4.78 is 42.6. The Morgan fingerprint density at radius 2 is 1.91 bits per heavy atom. The number of piperazine rings is 1. The SMILES string of the molecule is COC(=O)N1CCN(c2ccc(C(F)(F)F)cc2C#N)CC1. The molecule has 1 aromatic rings. The Labute approximate surface area is 125 Å². The van der Waals surface area contributed by atoms with Crippen molar-refractivity contribution in [1.82, 2.24) is 4.90 Å². The number of amides is 1. The van der Waals surface area contributed by atoms with Crippen molar-refractivity contribution in [3.8, 4) is 6.07 Å². The van der Waals surface area contributed by atoms with Crippen LogP contribution in [-0.4, -0.2) is 44.3 Å². The molecule has 1 aromatic carbocycles. The Hall–Kier alpha value is -2.43. The predicted octanol–water partition coefficient (Wildman–Crippen LogP) is 2.47. The van der Waals surface area contributed by atoms with Crippen LogP contribution in [0.3, 0.4) is 0 Å². The summed E-state index contributed by atoms with van der Waals surface area (Å²) in [5.41, 5.74) is -0.428. The lowest BCUT2D eigenvalue weighted by atomic mass is 10.1. The Morgan fingerprint density at radius 3 is 2.41 bits per heavy atom. The molecule has 0 aromatic heterocycles. The van der Waals surface area contributed by atoms with Crippen LogP contribution in [0.5, 0.6) is 0 Å². The van der Waals surface area contributed by atoms with Gasteiger partial charge in [-0.1, -0.05) is 0 Å². The molecule has 1 amide bonds. The first-order chi connectivity index (χ1) is 10.4. The molecule has 1 fully saturated rings. The van der Waals surface area contributed by atoms with Crippen LogP contribution < -0.4 is 4.90 Å². The molecule has 8 heteroatoms. The summed E-state index contributed by atoms with van der Waals surface area (Å²) in [5, 5.41) is 9.09. The number of halogens is 3. The Morgan fingerprint density at radius 1 is 1.27 bits per heavy atom. The van der Waals surface area contributed by atoms with E-state index in [4.69, 9.17) is 5.26 Å². The topological polar surface area (TPSA) is 56.6 Å². The molecule has 1 heterocycles. The molecule has 1 aliphatic heterocycles. The van der Waals surface area contributed by atoms with Gasteiger partial charge in [0, 0.05) is 26.2 Å². The van der Waals surface area contributed by atoms with Gasteiger partial charge in [-0.3, -0.25) is 0 Å². The molecule has 0 aliphatic carbocycles. The first kappa shape index (κ1) is 15.9. The average Bonchev–Trinajstić information content (AvgIpc) is 2.52. The van der Waals surface area contributed by atoms with Crippen molar-refractivity contribution in [3.05, 3.63) is 29.3 Å². The van der Waals surface area contributed by atoms with E-state index in [1.807, 2.05) is 0 Å². The number of nitriles is 1. The summed E-state index contributed by atoms with van der Waals surface area (Å²) >= 11 is 0. The van der Waals surface area contributed by atoms with Crippen LogP contribution in [0.15, 0.2) is 18.2 Å². The van der Waals surface area contributed by atoms with E-state index in [-0.39, 0.29) is 5.56 Å². The van der Waals surface area contributed by atoms with Gasteiger partial charge in [-0.25, -0.2) is 4.79 Å². The van der Waals surface area contributed by atoms with Crippen molar-refractivity contribution in [3.63, 3.8) is 0 Å². The average molecular weight is 313 g/mol. The van der Waals surface area contributed by atoms with Crippen LogP contribution in [-0.2, 0) is 10.9 Å². The van der Waals surface area contributed by atoms with Gasteiger partial charge in [0.25, 0.3) is 0 Å². The smallest absolute Gasteiger partial charge is 0.416 e. The van der Waals surface area contributed by atoms with Crippen LogP contribution in [0.2, 0.25) is 0 Å². The minimum Gasteiger partial charge on any atom is -0.453 e. The highest BCUT2D eigenvalue weighted by Crippen LogP contribution is 2.33. The number of hydrogen-bond acceptors (Lipinski definition) is 4. The van der Waals surface area contributed by atoms with Gasteiger partial charge in [-0.15, -0.1) is 0 Å². The van der Waals surface area contributed by atoms with Crippen molar-refractivity contribution in [2.45, 2.75) is 6.18 Å². The van der Waals surface area contributed by atoms with Gasteiger partial charge in [0.05, 0.1) is 23.9 Å². The Balaban J connectivity index is 2.17. The lowest BCUT2D eigenvalue weighted by molar-refractivity contribution is -0.137. The number of rotatable bonds is 1. The molecule has 0 N–H and O–H groups in total. The highest BCUT2D eigenvalue weighted by atomic mass is 19.4. The summed E-state index contributed by atoms with van der Waals surface area (Å²) in [4.78, 5) is 14.7. The number of carbonyl (C=O) groups excluding carboxylic acids is 1. The first-order valence-electron chi connectivity index (χ1n) is 6.56. The van der Waals surface area contributed by atoms with Crippen LogP contribution in [0.4, 0.5) is 23.7 Å². The fraction of sp³-hybridized carbons (Fsp3) is 0.429. The van der Waals surface area contributed by atoms with Gasteiger partial charge < -0.3 is 14.5 Å². The maximum absolute atomic E-state index is 12.7. The molecular weight excluding hydrogens is 299 g/mol. The fourth-order valence-electron chi connectivity index (χ4n) is 2.34. The molecule has 0 bridgehead atoms. The van der Waals surface area contributed by atoms with Gasteiger partial charge in [-0.2, -0.15) is 18.4 Å². The maximum atomic E-state index is 12.7. The summed E-state index contributed by atoms with van der Waals surface area (Å²) in [5.74, 6) is 0. The molecule has 0 atom stereocenters. The molecule has 0 radical (unpaired) electrons. The minimum absolute atomic E-state index is 0.0265. The van der Waals surface area contributed by atoms with Crippen molar-refractivity contribution in [1.29, 1.82) is 5.26 Å². The summed E-state index contributed by atoms with van der Waals surface area (Å²) in [6.45, 7) is 1.63. The zero-order valence-electron chi connectivity index (χ0n) is 11.9. The second-order valence-electron chi connectivity index (χ2n) is 4.79. The number of anilines is 1. The van der Waals surface area contributed by atoms with E-state index in [1.54, 1.807) is 11.0 Å². The monoisotopic (exact) mass is 313 g/mol. The first-order valence-corrected chi connectivity index (χ1v) is 6.56. The third kappa shape index (κ3) is 3.24. The zero-order valence-corrected chi connectivity index (χ0v) is 11.9. The molecule has 0 unspecified atom stereocenters. The molecule has 1 aliphatic rings. The van der Waals surface area contributed by atoms with Crippen molar-refractivity contribution in [2.24, 2.45) is 0 Å². The third-order valence-corrected chi connectivity index (χ3v) is 3.50. The number of ether oxygens (including phenoxy) is 1.